The van der Waals surface area contributed by atoms with E-state index in [4.69, 9.17) is 16.9 Å². The van der Waals surface area contributed by atoms with Crippen molar-refractivity contribution in [3.8, 4) is 11.8 Å². The summed E-state index contributed by atoms with van der Waals surface area (Å²) < 4.78 is 39.9. The lowest BCUT2D eigenvalue weighted by Gasteiger charge is -2.10. The molecule has 0 fully saturated rings. The van der Waals surface area contributed by atoms with Crippen LogP contribution >= 0.6 is 11.6 Å². The Balaban J connectivity index is 2.09. The van der Waals surface area contributed by atoms with Crippen LogP contribution in [0.2, 0.25) is 5.02 Å². The highest BCUT2D eigenvalue weighted by Gasteiger charge is 2.31. The van der Waals surface area contributed by atoms with Crippen LogP contribution < -0.4 is 10.1 Å². The highest BCUT2D eigenvalue weighted by atomic mass is 35.5. The van der Waals surface area contributed by atoms with Gasteiger partial charge in [-0.15, -0.1) is 13.2 Å². The number of carbonyl (C=O) groups excluding carboxylic acids is 1. The maximum absolute atomic E-state index is 12.1. The van der Waals surface area contributed by atoms with Crippen LogP contribution in [0.4, 0.5) is 18.9 Å². The van der Waals surface area contributed by atoms with Crippen LogP contribution in [0, 0.1) is 11.3 Å². The van der Waals surface area contributed by atoms with E-state index in [-0.39, 0.29) is 16.1 Å². The fourth-order valence-electron chi connectivity index (χ4n) is 1.69. The average molecular weight is 341 g/mol. The molecule has 0 aliphatic rings. The van der Waals surface area contributed by atoms with Crippen LogP contribution in [0.1, 0.15) is 15.9 Å². The van der Waals surface area contributed by atoms with Gasteiger partial charge in [0.1, 0.15) is 11.8 Å². The molecule has 0 aromatic heterocycles. The molecule has 0 atom stereocenters. The van der Waals surface area contributed by atoms with Crippen LogP contribution in [-0.2, 0) is 0 Å². The van der Waals surface area contributed by atoms with Crippen molar-refractivity contribution in [1.29, 1.82) is 5.26 Å². The van der Waals surface area contributed by atoms with Crippen molar-refractivity contribution in [3.63, 3.8) is 0 Å². The van der Waals surface area contributed by atoms with Crippen molar-refractivity contribution >= 4 is 23.2 Å². The number of halogens is 4. The molecule has 118 valence electrons. The normalized spacial score (nSPS) is 10.7. The van der Waals surface area contributed by atoms with E-state index in [1.165, 1.54) is 30.3 Å². The second-order valence-electron chi connectivity index (χ2n) is 4.33. The number of rotatable bonds is 3. The van der Waals surface area contributed by atoms with Crippen molar-refractivity contribution in [2.45, 2.75) is 6.36 Å². The zero-order valence-corrected chi connectivity index (χ0v) is 12.1. The lowest BCUT2D eigenvalue weighted by atomic mass is 10.2. The molecule has 2 aromatic rings. The van der Waals surface area contributed by atoms with Crippen LogP contribution in [0.3, 0.4) is 0 Å². The zero-order valence-electron chi connectivity index (χ0n) is 11.3. The number of benzene rings is 2. The first kappa shape index (κ1) is 16.6. The molecule has 0 spiro atoms. The second kappa shape index (κ2) is 6.58. The smallest absolute Gasteiger partial charge is 0.406 e. The molecule has 0 saturated carbocycles. The standard InChI is InChI=1S/C15H8ClF3N2O2/c16-13-7-11(4-1-10(13)8-20)21-14(22)9-2-5-12(6-3-9)23-15(17,18)19/h1-7H,(H,21,22). The van der Waals surface area contributed by atoms with Crippen molar-refractivity contribution < 1.29 is 22.7 Å². The Kier molecular flexibility index (Phi) is 4.77. The minimum absolute atomic E-state index is 0.139. The number of hydrogen-bond acceptors (Lipinski definition) is 3. The molecule has 0 heterocycles. The summed E-state index contributed by atoms with van der Waals surface area (Å²) in [5.41, 5.74) is 0.757. The lowest BCUT2D eigenvalue weighted by molar-refractivity contribution is -0.274. The van der Waals surface area contributed by atoms with E-state index in [2.05, 4.69) is 10.1 Å². The molecule has 23 heavy (non-hydrogen) atoms. The SMILES string of the molecule is N#Cc1ccc(NC(=O)c2ccc(OC(F)(F)F)cc2)cc1Cl. The molecule has 0 aliphatic heterocycles. The monoisotopic (exact) mass is 340 g/mol. The van der Waals surface area contributed by atoms with Crippen LogP contribution in [0.5, 0.6) is 5.75 Å². The van der Waals surface area contributed by atoms with Gasteiger partial charge in [-0.25, -0.2) is 0 Å². The molecule has 0 radical (unpaired) electrons. The summed E-state index contributed by atoms with van der Waals surface area (Å²) in [6, 6.07) is 10.7. The number of anilines is 1. The van der Waals surface area contributed by atoms with E-state index in [1.54, 1.807) is 0 Å². The number of nitrogens with zero attached hydrogens (tertiary/aromatic N) is 1. The largest absolute Gasteiger partial charge is 0.573 e. The Morgan fingerprint density at radius 1 is 1.17 bits per heavy atom. The first-order valence-corrected chi connectivity index (χ1v) is 6.53. The number of alkyl halides is 3. The molecule has 1 amide bonds. The third-order valence-electron chi connectivity index (χ3n) is 2.70. The summed E-state index contributed by atoms with van der Waals surface area (Å²) in [4.78, 5) is 12.0. The van der Waals surface area contributed by atoms with Gasteiger partial charge in [0, 0.05) is 11.3 Å². The van der Waals surface area contributed by atoms with Gasteiger partial charge in [-0.05, 0) is 42.5 Å². The number of amides is 1. The van der Waals surface area contributed by atoms with Gasteiger partial charge in [-0.1, -0.05) is 11.6 Å². The molecule has 0 bridgehead atoms. The Labute approximate surface area is 134 Å². The molecule has 0 aliphatic carbocycles. The number of hydrogen-bond donors (Lipinski definition) is 1. The molecule has 0 saturated heterocycles. The van der Waals surface area contributed by atoms with Gasteiger partial charge < -0.3 is 10.1 Å². The number of ether oxygens (including phenoxy) is 1. The van der Waals surface area contributed by atoms with E-state index < -0.39 is 18.0 Å². The molecule has 1 N–H and O–H groups in total. The van der Waals surface area contributed by atoms with Gasteiger partial charge in [0.25, 0.3) is 5.91 Å². The molecule has 2 rings (SSSR count). The Morgan fingerprint density at radius 2 is 1.83 bits per heavy atom. The minimum Gasteiger partial charge on any atom is -0.406 e. The van der Waals surface area contributed by atoms with Gasteiger partial charge in [0.05, 0.1) is 10.6 Å². The highest BCUT2D eigenvalue weighted by molar-refractivity contribution is 6.32. The van der Waals surface area contributed by atoms with Gasteiger partial charge in [-0.3, -0.25) is 4.79 Å². The fourth-order valence-corrected chi connectivity index (χ4v) is 1.92. The van der Waals surface area contributed by atoms with Gasteiger partial charge >= 0.3 is 6.36 Å². The molecule has 0 unspecified atom stereocenters. The van der Waals surface area contributed by atoms with Crippen LogP contribution in [-0.4, -0.2) is 12.3 Å². The lowest BCUT2D eigenvalue weighted by Crippen LogP contribution is -2.17. The summed E-state index contributed by atoms with van der Waals surface area (Å²) in [6.45, 7) is 0. The van der Waals surface area contributed by atoms with Gasteiger partial charge in [-0.2, -0.15) is 5.26 Å². The third-order valence-corrected chi connectivity index (χ3v) is 3.01. The fraction of sp³-hybridized carbons (Fsp3) is 0.0667. The minimum atomic E-state index is -4.79. The Hall–Kier alpha value is -2.72. The predicted molar refractivity (Wildman–Crippen MR) is 77.2 cm³/mol. The topological polar surface area (TPSA) is 62.1 Å². The Morgan fingerprint density at radius 3 is 2.35 bits per heavy atom. The van der Waals surface area contributed by atoms with Crippen LogP contribution in [0.15, 0.2) is 42.5 Å². The van der Waals surface area contributed by atoms with E-state index in [0.717, 1.165) is 12.1 Å². The molecule has 4 nitrogen and oxygen atoms in total. The molecular weight excluding hydrogens is 333 g/mol. The van der Waals surface area contributed by atoms with Gasteiger partial charge in [0.2, 0.25) is 0 Å². The van der Waals surface area contributed by atoms with Crippen molar-refractivity contribution in [1.82, 2.24) is 0 Å². The third kappa shape index (κ3) is 4.63. The average Bonchev–Trinajstić information content (AvgIpc) is 2.46. The van der Waals surface area contributed by atoms with E-state index in [9.17, 15) is 18.0 Å². The maximum atomic E-state index is 12.1. The zero-order chi connectivity index (χ0) is 17.0. The van der Waals surface area contributed by atoms with E-state index in [1.807, 2.05) is 6.07 Å². The van der Waals surface area contributed by atoms with E-state index in [0.29, 0.717) is 5.69 Å². The molecular formula is C15H8ClF3N2O2. The Bertz CT molecular complexity index is 768. The van der Waals surface area contributed by atoms with Crippen molar-refractivity contribution in [2.75, 3.05) is 5.32 Å². The molecule has 8 heteroatoms. The summed E-state index contributed by atoms with van der Waals surface area (Å²) in [5, 5.41) is 11.5. The highest BCUT2D eigenvalue weighted by Crippen LogP contribution is 2.24. The summed E-state index contributed by atoms with van der Waals surface area (Å²) >= 11 is 5.84. The van der Waals surface area contributed by atoms with Crippen LogP contribution in [0.25, 0.3) is 0 Å². The van der Waals surface area contributed by atoms with E-state index >= 15 is 0 Å². The molecule has 2 aromatic carbocycles. The summed E-state index contributed by atoms with van der Waals surface area (Å²) in [5.74, 6) is -0.959. The first-order chi connectivity index (χ1) is 10.8. The van der Waals surface area contributed by atoms with Crippen molar-refractivity contribution in [2.24, 2.45) is 0 Å². The maximum Gasteiger partial charge on any atom is 0.573 e. The number of nitriles is 1. The summed E-state index contributed by atoms with van der Waals surface area (Å²) in [7, 11) is 0. The predicted octanol–water partition coefficient (Wildman–Crippen LogP) is 4.36. The summed E-state index contributed by atoms with van der Waals surface area (Å²) in [6.07, 6.45) is -4.79. The number of nitrogens with one attached hydrogen (secondary N) is 1. The first-order valence-electron chi connectivity index (χ1n) is 6.15. The van der Waals surface area contributed by atoms with Gasteiger partial charge in [0.15, 0.2) is 0 Å². The second-order valence-corrected chi connectivity index (χ2v) is 4.74. The quantitative estimate of drug-likeness (QED) is 0.902. The number of carbonyl (C=O) groups is 1. The van der Waals surface area contributed by atoms with Crippen molar-refractivity contribution in [3.05, 3.63) is 58.6 Å².